The largest absolute Gasteiger partial charge is 0.329 e. The summed E-state index contributed by atoms with van der Waals surface area (Å²) in [6.45, 7) is 4.17. The van der Waals surface area contributed by atoms with Gasteiger partial charge in [0.25, 0.3) is 0 Å². The van der Waals surface area contributed by atoms with Crippen LogP contribution >= 0.6 is 23.7 Å². The fraction of sp³-hybridized carbons (Fsp3) is 0.438. The summed E-state index contributed by atoms with van der Waals surface area (Å²) in [7, 11) is 0. The third-order valence-electron chi connectivity index (χ3n) is 4.21. The fourth-order valence-corrected chi connectivity index (χ4v) is 3.12. The molecule has 1 aromatic carbocycles. The zero-order valence-electron chi connectivity index (χ0n) is 13.7. The molecule has 3 N–H and O–H groups in total. The summed E-state index contributed by atoms with van der Waals surface area (Å²) in [5, 5.41) is 11.8. The van der Waals surface area contributed by atoms with E-state index in [2.05, 4.69) is 15.5 Å². The molecule has 1 heterocycles. The molecule has 0 saturated heterocycles. The van der Waals surface area contributed by atoms with Gasteiger partial charge in [-0.05, 0) is 24.5 Å². The Bertz CT molecular complexity index is 667. The highest BCUT2D eigenvalue weighted by Crippen LogP contribution is 2.28. The Hall–Kier alpha value is -1.57. The fourth-order valence-electron chi connectivity index (χ4n) is 2.36. The number of nitrogens with zero attached hydrogens (tertiary/aromatic N) is 2. The predicted octanol–water partition coefficient (Wildman–Crippen LogP) is 3.39. The van der Waals surface area contributed by atoms with E-state index in [1.54, 1.807) is 18.2 Å². The Morgan fingerprint density at radius 2 is 1.96 bits per heavy atom. The first kappa shape index (κ1) is 20.5. The Morgan fingerprint density at radius 1 is 1.29 bits per heavy atom. The third kappa shape index (κ3) is 4.49. The Kier molecular flexibility index (Phi) is 7.72. The van der Waals surface area contributed by atoms with Gasteiger partial charge in [0.2, 0.25) is 11.0 Å². The van der Waals surface area contributed by atoms with E-state index in [1.807, 2.05) is 13.8 Å². The SMILES string of the molecule is CCC(CC)(CN)C(=O)Nc1nnc(Cc2ccccc2F)s1.Cl. The van der Waals surface area contributed by atoms with Gasteiger partial charge in [-0.15, -0.1) is 22.6 Å². The predicted molar refractivity (Wildman–Crippen MR) is 97.1 cm³/mol. The Labute approximate surface area is 151 Å². The molecule has 0 saturated carbocycles. The number of rotatable bonds is 7. The standard InChI is InChI=1S/C16H21FN4OS.ClH/c1-3-16(4-2,10-18)14(22)19-15-21-20-13(23-15)9-11-7-5-6-8-12(11)17;/h5-8H,3-4,9-10,18H2,1-2H3,(H,19,21,22);1H. The molecule has 0 unspecified atom stereocenters. The van der Waals surface area contributed by atoms with Crippen LogP contribution in [-0.2, 0) is 11.2 Å². The topological polar surface area (TPSA) is 80.9 Å². The lowest BCUT2D eigenvalue weighted by Crippen LogP contribution is -2.41. The zero-order valence-corrected chi connectivity index (χ0v) is 15.3. The van der Waals surface area contributed by atoms with Crippen molar-refractivity contribution in [3.63, 3.8) is 0 Å². The van der Waals surface area contributed by atoms with Crippen LogP contribution < -0.4 is 11.1 Å². The first-order chi connectivity index (χ1) is 11.0. The molecule has 8 heteroatoms. The second kappa shape index (κ2) is 9.05. The molecule has 1 aromatic heterocycles. The summed E-state index contributed by atoms with van der Waals surface area (Å²) >= 11 is 1.25. The first-order valence-corrected chi connectivity index (χ1v) is 8.43. The van der Waals surface area contributed by atoms with E-state index in [0.717, 1.165) is 0 Å². The van der Waals surface area contributed by atoms with Crippen molar-refractivity contribution in [2.45, 2.75) is 33.1 Å². The van der Waals surface area contributed by atoms with Gasteiger partial charge in [-0.25, -0.2) is 4.39 Å². The molecule has 5 nitrogen and oxygen atoms in total. The number of amides is 1. The molecule has 0 spiro atoms. The van der Waals surface area contributed by atoms with Crippen LogP contribution in [0.4, 0.5) is 9.52 Å². The third-order valence-corrected chi connectivity index (χ3v) is 5.05. The van der Waals surface area contributed by atoms with Gasteiger partial charge in [0.15, 0.2) is 0 Å². The van der Waals surface area contributed by atoms with Crippen molar-refractivity contribution < 1.29 is 9.18 Å². The minimum atomic E-state index is -0.586. The number of anilines is 1. The van der Waals surface area contributed by atoms with E-state index in [4.69, 9.17) is 5.73 Å². The number of aromatic nitrogens is 2. The number of hydrogen-bond acceptors (Lipinski definition) is 5. The smallest absolute Gasteiger partial charge is 0.233 e. The second-order valence-electron chi connectivity index (χ2n) is 5.41. The summed E-state index contributed by atoms with van der Waals surface area (Å²) in [4.78, 5) is 12.4. The molecular formula is C16H22ClFN4OS. The second-order valence-corrected chi connectivity index (χ2v) is 6.48. The summed E-state index contributed by atoms with van der Waals surface area (Å²) in [5.41, 5.74) is 5.74. The summed E-state index contributed by atoms with van der Waals surface area (Å²) in [6, 6.07) is 6.55. The summed E-state index contributed by atoms with van der Waals surface area (Å²) < 4.78 is 13.7. The van der Waals surface area contributed by atoms with Crippen molar-refractivity contribution in [1.82, 2.24) is 10.2 Å². The number of nitrogens with two attached hydrogens (primary N) is 1. The maximum Gasteiger partial charge on any atom is 0.233 e. The highest BCUT2D eigenvalue weighted by molar-refractivity contribution is 7.15. The molecule has 132 valence electrons. The molecule has 0 radical (unpaired) electrons. The molecular weight excluding hydrogens is 351 g/mol. The van der Waals surface area contributed by atoms with Gasteiger partial charge in [0, 0.05) is 13.0 Å². The van der Waals surface area contributed by atoms with Gasteiger partial charge in [0.05, 0.1) is 5.41 Å². The molecule has 24 heavy (non-hydrogen) atoms. The highest BCUT2D eigenvalue weighted by atomic mass is 35.5. The molecule has 0 bridgehead atoms. The van der Waals surface area contributed by atoms with Crippen LogP contribution in [0.1, 0.15) is 37.3 Å². The molecule has 2 aromatic rings. The zero-order chi connectivity index (χ0) is 16.9. The maximum absolute atomic E-state index is 13.7. The maximum atomic E-state index is 13.7. The normalized spacial score (nSPS) is 11.0. The molecule has 0 aliphatic carbocycles. The van der Waals surface area contributed by atoms with E-state index in [9.17, 15) is 9.18 Å². The van der Waals surface area contributed by atoms with Gasteiger partial charge < -0.3 is 5.73 Å². The highest BCUT2D eigenvalue weighted by Gasteiger charge is 2.33. The van der Waals surface area contributed by atoms with Crippen molar-refractivity contribution in [3.05, 3.63) is 40.7 Å². The molecule has 1 amide bonds. The van der Waals surface area contributed by atoms with E-state index in [0.29, 0.717) is 35.0 Å². The molecule has 0 fully saturated rings. The van der Waals surface area contributed by atoms with Gasteiger partial charge >= 0.3 is 0 Å². The van der Waals surface area contributed by atoms with Crippen LogP contribution in [0.25, 0.3) is 0 Å². The number of halogens is 2. The van der Waals surface area contributed by atoms with Gasteiger partial charge in [0.1, 0.15) is 10.8 Å². The minimum absolute atomic E-state index is 0. The van der Waals surface area contributed by atoms with Crippen molar-refractivity contribution in [1.29, 1.82) is 0 Å². The molecule has 0 aliphatic heterocycles. The number of carbonyl (C=O) groups excluding carboxylic acids is 1. The number of benzene rings is 1. The number of hydrogen-bond donors (Lipinski definition) is 2. The van der Waals surface area contributed by atoms with E-state index in [-0.39, 0.29) is 30.7 Å². The van der Waals surface area contributed by atoms with Crippen LogP contribution in [0.15, 0.2) is 24.3 Å². The first-order valence-electron chi connectivity index (χ1n) is 7.62. The van der Waals surface area contributed by atoms with E-state index < -0.39 is 5.41 Å². The average molecular weight is 373 g/mol. The molecule has 2 rings (SSSR count). The van der Waals surface area contributed by atoms with Crippen LogP contribution in [0, 0.1) is 11.2 Å². The van der Waals surface area contributed by atoms with Crippen molar-refractivity contribution in [2.24, 2.45) is 11.1 Å². The quantitative estimate of drug-likeness (QED) is 0.780. The van der Waals surface area contributed by atoms with E-state index >= 15 is 0 Å². The van der Waals surface area contributed by atoms with Crippen LogP contribution in [0.5, 0.6) is 0 Å². The van der Waals surface area contributed by atoms with Gasteiger partial charge in [-0.3, -0.25) is 10.1 Å². The number of nitrogens with one attached hydrogen (secondary N) is 1. The average Bonchev–Trinajstić information content (AvgIpc) is 2.99. The van der Waals surface area contributed by atoms with E-state index in [1.165, 1.54) is 17.4 Å². The van der Waals surface area contributed by atoms with Crippen LogP contribution in [0.2, 0.25) is 0 Å². The molecule has 0 aliphatic rings. The van der Waals surface area contributed by atoms with Crippen molar-refractivity contribution >= 4 is 34.8 Å². The van der Waals surface area contributed by atoms with Crippen molar-refractivity contribution in [3.8, 4) is 0 Å². The summed E-state index contributed by atoms with van der Waals surface area (Å²) in [6.07, 6.45) is 1.67. The van der Waals surface area contributed by atoms with Crippen molar-refractivity contribution in [2.75, 3.05) is 11.9 Å². The van der Waals surface area contributed by atoms with Crippen LogP contribution in [0.3, 0.4) is 0 Å². The van der Waals surface area contributed by atoms with Gasteiger partial charge in [-0.1, -0.05) is 43.4 Å². The lowest BCUT2D eigenvalue weighted by atomic mass is 9.81. The summed E-state index contributed by atoms with van der Waals surface area (Å²) in [5.74, 6) is -0.411. The molecule has 0 atom stereocenters. The van der Waals surface area contributed by atoms with Gasteiger partial charge in [-0.2, -0.15) is 0 Å². The Morgan fingerprint density at radius 3 is 2.54 bits per heavy atom. The lowest BCUT2D eigenvalue weighted by molar-refractivity contribution is -0.125. The Balaban J connectivity index is 0.00000288. The number of carbonyl (C=O) groups is 1. The van der Waals surface area contributed by atoms with Crippen LogP contribution in [-0.4, -0.2) is 22.6 Å². The lowest BCUT2D eigenvalue weighted by Gasteiger charge is -2.27. The monoisotopic (exact) mass is 372 g/mol. The minimum Gasteiger partial charge on any atom is -0.329 e.